The van der Waals surface area contributed by atoms with Gasteiger partial charge in [0.15, 0.2) is 5.96 Å². The predicted octanol–water partition coefficient (Wildman–Crippen LogP) is 3.28. The normalized spacial score (nSPS) is 11.4. The SMILES string of the molecule is CN=C(NCCCN(Cc1cccnc1)C(=O)OC(C)(C)C)NCCCn1cccn1.I. The number of halogens is 1. The smallest absolute Gasteiger partial charge is 0.410 e. The van der Waals surface area contributed by atoms with Gasteiger partial charge in [0.05, 0.1) is 6.54 Å². The van der Waals surface area contributed by atoms with Gasteiger partial charge in [0.2, 0.25) is 0 Å². The van der Waals surface area contributed by atoms with Crippen molar-refractivity contribution in [1.82, 2.24) is 30.3 Å². The second-order valence-corrected chi connectivity index (χ2v) is 8.17. The molecule has 0 aromatic carbocycles. The summed E-state index contributed by atoms with van der Waals surface area (Å²) in [6.45, 7) is 8.98. The van der Waals surface area contributed by atoms with Gasteiger partial charge in [-0.15, -0.1) is 24.0 Å². The lowest BCUT2D eigenvalue weighted by molar-refractivity contribution is 0.0232. The minimum atomic E-state index is -0.537. The molecule has 2 heterocycles. The third-order valence-corrected chi connectivity index (χ3v) is 4.28. The average Bonchev–Trinajstić information content (AvgIpc) is 3.24. The van der Waals surface area contributed by atoms with Crippen LogP contribution in [0.5, 0.6) is 0 Å². The van der Waals surface area contributed by atoms with Gasteiger partial charge in [-0.05, 0) is 51.3 Å². The molecule has 0 aliphatic rings. The number of carbonyl (C=O) groups excluding carboxylic acids is 1. The van der Waals surface area contributed by atoms with Crippen molar-refractivity contribution in [2.45, 2.75) is 52.3 Å². The van der Waals surface area contributed by atoms with Crippen LogP contribution in [0.4, 0.5) is 4.79 Å². The van der Waals surface area contributed by atoms with E-state index >= 15 is 0 Å². The Kier molecular flexibility index (Phi) is 12.7. The van der Waals surface area contributed by atoms with Crippen molar-refractivity contribution < 1.29 is 9.53 Å². The highest BCUT2D eigenvalue weighted by Gasteiger charge is 2.22. The van der Waals surface area contributed by atoms with Crippen LogP contribution in [0, 0.1) is 0 Å². The van der Waals surface area contributed by atoms with E-state index in [0.717, 1.165) is 37.5 Å². The van der Waals surface area contributed by atoms with Gasteiger partial charge in [0, 0.05) is 58.0 Å². The van der Waals surface area contributed by atoms with Crippen molar-refractivity contribution in [1.29, 1.82) is 0 Å². The lowest BCUT2D eigenvalue weighted by Crippen LogP contribution is -2.41. The van der Waals surface area contributed by atoms with Crippen LogP contribution in [0.3, 0.4) is 0 Å². The van der Waals surface area contributed by atoms with E-state index in [-0.39, 0.29) is 30.1 Å². The summed E-state index contributed by atoms with van der Waals surface area (Å²) in [6, 6.07) is 5.74. The number of aryl methyl sites for hydroxylation is 1. The molecular weight excluding hydrogens is 521 g/mol. The number of nitrogens with one attached hydrogen (secondary N) is 2. The number of nitrogens with zero attached hydrogens (tertiary/aromatic N) is 5. The van der Waals surface area contributed by atoms with E-state index in [1.165, 1.54) is 0 Å². The van der Waals surface area contributed by atoms with E-state index < -0.39 is 5.60 Å². The molecule has 0 fully saturated rings. The van der Waals surface area contributed by atoms with E-state index in [2.05, 4.69) is 25.7 Å². The van der Waals surface area contributed by atoms with Crippen molar-refractivity contribution in [3.8, 4) is 0 Å². The molecule has 2 aromatic heterocycles. The Labute approximate surface area is 208 Å². The summed E-state index contributed by atoms with van der Waals surface area (Å²) in [7, 11) is 1.75. The molecular formula is C22H36IN7O2. The number of aliphatic imine (C=N–C) groups is 1. The van der Waals surface area contributed by atoms with E-state index in [1.54, 1.807) is 30.5 Å². The zero-order valence-electron chi connectivity index (χ0n) is 19.5. The van der Waals surface area contributed by atoms with E-state index in [0.29, 0.717) is 19.6 Å². The molecule has 2 aromatic rings. The number of ether oxygens (including phenoxy) is 1. The molecule has 0 aliphatic heterocycles. The Hall–Kier alpha value is -2.37. The Morgan fingerprint density at radius 1 is 1.19 bits per heavy atom. The van der Waals surface area contributed by atoms with Crippen LogP contribution in [0.15, 0.2) is 48.0 Å². The van der Waals surface area contributed by atoms with E-state index in [9.17, 15) is 4.79 Å². The van der Waals surface area contributed by atoms with Crippen molar-refractivity contribution in [2.24, 2.45) is 4.99 Å². The number of hydrogen-bond donors (Lipinski definition) is 2. The minimum Gasteiger partial charge on any atom is -0.444 e. The van der Waals surface area contributed by atoms with Crippen LogP contribution >= 0.6 is 24.0 Å². The zero-order chi connectivity index (χ0) is 22.5. The minimum absolute atomic E-state index is 0. The predicted molar refractivity (Wildman–Crippen MR) is 137 cm³/mol. The average molecular weight is 557 g/mol. The molecule has 0 unspecified atom stereocenters. The highest BCUT2D eigenvalue weighted by atomic mass is 127. The first kappa shape index (κ1) is 27.7. The third kappa shape index (κ3) is 11.3. The van der Waals surface area contributed by atoms with Crippen LogP contribution in [0.25, 0.3) is 0 Å². The number of pyridine rings is 1. The first-order valence-corrected chi connectivity index (χ1v) is 10.7. The van der Waals surface area contributed by atoms with Gasteiger partial charge in [0.1, 0.15) is 5.60 Å². The standard InChI is InChI=1S/C22H35N7O2.HI/c1-22(2,3)31-21(30)28(18-19-9-5-10-24-17-19)14-6-11-25-20(23-4)26-12-7-15-29-16-8-13-27-29;/h5,8-10,13,16-17H,6-7,11-12,14-15,18H2,1-4H3,(H2,23,25,26);1H. The molecule has 32 heavy (non-hydrogen) atoms. The molecule has 178 valence electrons. The Morgan fingerprint density at radius 2 is 1.94 bits per heavy atom. The largest absolute Gasteiger partial charge is 0.444 e. The topological polar surface area (TPSA) is 96.7 Å². The molecule has 9 nitrogen and oxygen atoms in total. The molecule has 0 saturated carbocycles. The number of rotatable bonds is 10. The summed E-state index contributed by atoms with van der Waals surface area (Å²) in [6.07, 6.45) is 8.60. The fourth-order valence-electron chi connectivity index (χ4n) is 2.85. The van der Waals surface area contributed by atoms with Gasteiger partial charge in [-0.3, -0.25) is 14.7 Å². The van der Waals surface area contributed by atoms with Gasteiger partial charge in [-0.1, -0.05) is 6.07 Å². The lowest BCUT2D eigenvalue weighted by atomic mass is 10.2. The van der Waals surface area contributed by atoms with Crippen molar-refractivity contribution in [3.05, 3.63) is 48.5 Å². The van der Waals surface area contributed by atoms with Crippen molar-refractivity contribution >= 4 is 36.0 Å². The maximum Gasteiger partial charge on any atom is 0.410 e. The molecule has 0 aliphatic carbocycles. The van der Waals surface area contributed by atoms with Crippen molar-refractivity contribution in [2.75, 3.05) is 26.7 Å². The van der Waals surface area contributed by atoms with E-state index in [4.69, 9.17) is 4.74 Å². The van der Waals surface area contributed by atoms with Crippen molar-refractivity contribution in [3.63, 3.8) is 0 Å². The summed E-state index contributed by atoms with van der Waals surface area (Å²) in [5, 5.41) is 10.8. The number of aromatic nitrogens is 3. The number of amides is 1. The number of carbonyl (C=O) groups is 1. The molecule has 2 N–H and O–H groups in total. The molecule has 0 bridgehead atoms. The highest BCUT2D eigenvalue weighted by Crippen LogP contribution is 2.12. The summed E-state index contributed by atoms with van der Waals surface area (Å²) in [4.78, 5) is 22.7. The summed E-state index contributed by atoms with van der Waals surface area (Å²) < 4.78 is 7.48. The maximum atomic E-state index is 12.6. The fraction of sp³-hybridized carbons (Fsp3) is 0.545. The Bertz CT molecular complexity index is 792. The molecule has 0 radical (unpaired) electrons. The quantitative estimate of drug-likeness (QED) is 0.202. The lowest BCUT2D eigenvalue weighted by Gasteiger charge is -2.27. The van der Waals surface area contributed by atoms with Gasteiger partial charge >= 0.3 is 6.09 Å². The molecule has 10 heteroatoms. The second kappa shape index (κ2) is 14.6. The Balaban J connectivity index is 0.00000512. The summed E-state index contributed by atoms with van der Waals surface area (Å²) in [5.74, 6) is 0.747. The molecule has 1 amide bonds. The molecule has 0 saturated heterocycles. The van der Waals surface area contributed by atoms with Crippen LogP contribution < -0.4 is 10.6 Å². The molecule has 0 spiro atoms. The van der Waals surface area contributed by atoms with E-state index in [1.807, 2.05) is 49.8 Å². The van der Waals surface area contributed by atoms with Gasteiger partial charge < -0.3 is 20.3 Å². The summed E-state index contributed by atoms with van der Waals surface area (Å²) in [5.41, 5.74) is 0.431. The highest BCUT2D eigenvalue weighted by molar-refractivity contribution is 14.0. The van der Waals surface area contributed by atoms with Crippen LogP contribution in [0.1, 0.15) is 39.2 Å². The molecule has 2 rings (SSSR count). The van der Waals surface area contributed by atoms with Crippen LogP contribution in [-0.4, -0.2) is 64.0 Å². The van der Waals surface area contributed by atoms with Gasteiger partial charge in [0.25, 0.3) is 0 Å². The maximum absolute atomic E-state index is 12.6. The van der Waals surface area contributed by atoms with Gasteiger partial charge in [-0.25, -0.2) is 4.79 Å². The van der Waals surface area contributed by atoms with Crippen LogP contribution in [0.2, 0.25) is 0 Å². The number of hydrogen-bond acceptors (Lipinski definition) is 5. The second-order valence-electron chi connectivity index (χ2n) is 8.17. The molecule has 0 atom stereocenters. The fourth-order valence-corrected chi connectivity index (χ4v) is 2.85. The first-order valence-electron chi connectivity index (χ1n) is 10.7. The Morgan fingerprint density at radius 3 is 2.53 bits per heavy atom. The number of guanidine groups is 1. The zero-order valence-corrected chi connectivity index (χ0v) is 21.8. The van der Waals surface area contributed by atoms with Crippen LogP contribution in [-0.2, 0) is 17.8 Å². The monoisotopic (exact) mass is 557 g/mol. The third-order valence-electron chi connectivity index (χ3n) is 4.28. The first-order chi connectivity index (χ1) is 14.9. The summed E-state index contributed by atoms with van der Waals surface area (Å²) >= 11 is 0. The van der Waals surface area contributed by atoms with Gasteiger partial charge in [-0.2, -0.15) is 5.10 Å².